The number of rotatable bonds is 5. The summed E-state index contributed by atoms with van der Waals surface area (Å²) in [7, 11) is -1.09. The Hall–Kier alpha value is -1.90. The molecular weight excluding hydrogens is 434 g/mol. The molecule has 0 unspecified atom stereocenters. The zero-order valence-electron chi connectivity index (χ0n) is 17.5. The zero-order chi connectivity index (χ0) is 21.4. The number of anilines is 3. The van der Waals surface area contributed by atoms with Gasteiger partial charge < -0.3 is 20.2 Å². The lowest BCUT2D eigenvalue weighted by Gasteiger charge is -2.42. The van der Waals surface area contributed by atoms with Crippen LogP contribution in [0.2, 0.25) is 5.02 Å². The molecule has 0 amide bonds. The fourth-order valence-electron chi connectivity index (χ4n) is 4.59. The standard InChI is InChI=1S/C22H28ClN5O2S/c23-16-4-6-17(7-5-16)27-10-12-28(13-11-27)21-24-18-3-1-14-31(30)19(18)20(25-21)26-22(15-29)8-2-9-22/h4-7,29H,1-3,8-15H2,(H,24,25,26)/t31-/m0/s1. The normalized spacial score (nSPS) is 22.6. The van der Waals surface area contributed by atoms with Crippen LogP contribution in [0.25, 0.3) is 0 Å². The van der Waals surface area contributed by atoms with Gasteiger partial charge in [-0.1, -0.05) is 11.6 Å². The molecule has 5 rings (SSSR count). The molecule has 2 aliphatic heterocycles. The lowest BCUT2D eigenvalue weighted by atomic mass is 9.77. The molecule has 1 aromatic heterocycles. The second-order valence-corrected chi connectivity index (χ2v) is 10.6. The van der Waals surface area contributed by atoms with Gasteiger partial charge in [-0.3, -0.25) is 4.21 Å². The maximum atomic E-state index is 12.8. The largest absolute Gasteiger partial charge is 0.394 e. The van der Waals surface area contributed by atoms with Gasteiger partial charge in [0.05, 0.1) is 28.6 Å². The maximum Gasteiger partial charge on any atom is 0.227 e. The molecular formula is C22H28ClN5O2S. The van der Waals surface area contributed by atoms with E-state index in [1.54, 1.807) is 0 Å². The van der Waals surface area contributed by atoms with Gasteiger partial charge in [-0.25, -0.2) is 4.98 Å². The first-order chi connectivity index (χ1) is 15.1. The summed E-state index contributed by atoms with van der Waals surface area (Å²) < 4.78 is 12.8. The summed E-state index contributed by atoms with van der Waals surface area (Å²) in [4.78, 5) is 15.0. The second-order valence-electron chi connectivity index (χ2n) is 8.67. The van der Waals surface area contributed by atoms with E-state index in [0.29, 0.717) is 17.5 Å². The summed E-state index contributed by atoms with van der Waals surface area (Å²) in [6, 6.07) is 7.95. The number of aliphatic hydroxyl groups excluding tert-OH is 1. The quantitative estimate of drug-likeness (QED) is 0.708. The van der Waals surface area contributed by atoms with Gasteiger partial charge in [0.25, 0.3) is 0 Å². The van der Waals surface area contributed by atoms with Gasteiger partial charge in [-0.2, -0.15) is 4.98 Å². The molecule has 1 saturated heterocycles. The summed E-state index contributed by atoms with van der Waals surface area (Å²) in [5.74, 6) is 2.01. The van der Waals surface area contributed by atoms with Gasteiger partial charge in [0.1, 0.15) is 10.7 Å². The number of halogens is 1. The number of aryl methyl sites for hydroxylation is 1. The van der Waals surface area contributed by atoms with Crippen molar-refractivity contribution in [2.75, 3.05) is 53.7 Å². The number of hydrogen-bond acceptors (Lipinski definition) is 7. The number of benzene rings is 1. The highest BCUT2D eigenvalue weighted by molar-refractivity contribution is 7.85. The van der Waals surface area contributed by atoms with Crippen LogP contribution in [0.5, 0.6) is 0 Å². The Kier molecular flexibility index (Phi) is 5.79. The van der Waals surface area contributed by atoms with Crippen LogP contribution >= 0.6 is 11.6 Å². The van der Waals surface area contributed by atoms with Crippen LogP contribution in [-0.4, -0.2) is 63.4 Å². The number of piperazine rings is 1. The Balaban J connectivity index is 1.39. The molecule has 2 aromatic rings. The molecule has 31 heavy (non-hydrogen) atoms. The fraction of sp³-hybridized carbons (Fsp3) is 0.545. The number of nitrogens with zero attached hydrogens (tertiary/aromatic N) is 4. The number of aromatic nitrogens is 2. The number of aliphatic hydroxyl groups is 1. The van der Waals surface area contributed by atoms with Gasteiger partial charge in [0, 0.05) is 42.6 Å². The van der Waals surface area contributed by atoms with E-state index in [0.717, 1.165) is 73.9 Å². The predicted octanol–water partition coefficient (Wildman–Crippen LogP) is 2.84. The molecule has 7 nitrogen and oxygen atoms in total. The molecule has 1 aliphatic carbocycles. The molecule has 1 atom stereocenters. The fourth-order valence-corrected chi connectivity index (χ4v) is 6.04. The van der Waals surface area contributed by atoms with Gasteiger partial charge in [-0.05, 0) is 56.4 Å². The molecule has 1 aromatic carbocycles. The van der Waals surface area contributed by atoms with Crippen LogP contribution < -0.4 is 15.1 Å². The average molecular weight is 462 g/mol. The highest BCUT2D eigenvalue weighted by Gasteiger charge is 2.38. The van der Waals surface area contributed by atoms with Crippen LogP contribution in [0.4, 0.5) is 17.5 Å². The molecule has 0 bridgehead atoms. The molecule has 2 N–H and O–H groups in total. The van der Waals surface area contributed by atoms with E-state index in [1.807, 2.05) is 12.1 Å². The van der Waals surface area contributed by atoms with Crippen molar-refractivity contribution in [1.29, 1.82) is 0 Å². The van der Waals surface area contributed by atoms with Crippen molar-refractivity contribution in [3.8, 4) is 0 Å². The van der Waals surface area contributed by atoms with E-state index < -0.39 is 10.8 Å². The number of fused-ring (bicyclic) bond motifs is 1. The van der Waals surface area contributed by atoms with Crippen molar-refractivity contribution >= 4 is 39.9 Å². The van der Waals surface area contributed by atoms with Crippen LogP contribution in [0, 0.1) is 0 Å². The third-order valence-corrected chi connectivity index (χ3v) is 8.44. The Morgan fingerprint density at radius 3 is 2.42 bits per heavy atom. The van der Waals surface area contributed by atoms with E-state index in [1.165, 1.54) is 5.69 Å². The third-order valence-electron chi connectivity index (χ3n) is 6.65. The second kappa shape index (κ2) is 8.56. The lowest BCUT2D eigenvalue weighted by molar-refractivity contribution is 0.143. The third kappa shape index (κ3) is 4.13. The molecule has 166 valence electrons. The van der Waals surface area contributed by atoms with Crippen molar-refractivity contribution in [2.24, 2.45) is 0 Å². The Morgan fingerprint density at radius 1 is 1.06 bits per heavy atom. The Labute approximate surface area is 190 Å². The zero-order valence-corrected chi connectivity index (χ0v) is 19.1. The first-order valence-electron chi connectivity index (χ1n) is 11.0. The Morgan fingerprint density at radius 2 is 1.77 bits per heavy atom. The van der Waals surface area contributed by atoms with Gasteiger partial charge in [0.15, 0.2) is 0 Å². The van der Waals surface area contributed by atoms with E-state index >= 15 is 0 Å². The maximum absolute atomic E-state index is 12.8. The van der Waals surface area contributed by atoms with E-state index in [4.69, 9.17) is 21.6 Å². The molecule has 9 heteroatoms. The molecule has 0 radical (unpaired) electrons. The van der Waals surface area contributed by atoms with Crippen molar-refractivity contribution in [3.63, 3.8) is 0 Å². The van der Waals surface area contributed by atoms with Crippen molar-refractivity contribution in [2.45, 2.75) is 42.5 Å². The topological polar surface area (TPSA) is 81.6 Å². The van der Waals surface area contributed by atoms with Crippen LogP contribution in [0.1, 0.15) is 31.4 Å². The molecule has 3 aliphatic rings. The van der Waals surface area contributed by atoms with Crippen LogP contribution in [0.15, 0.2) is 29.2 Å². The SMILES string of the molecule is O=[S@]1CCCc2nc(N3CCN(c4ccc(Cl)cc4)CC3)nc(NC3(CO)CCC3)c21. The summed E-state index contributed by atoms with van der Waals surface area (Å²) in [6.07, 6.45) is 4.60. The van der Waals surface area contributed by atoms with Crippen LogP contribution in [-0.2, 0) is 17.2 Å². The predicted molar refractivity (Wildman–Crippen MR) is 125 cm³/mol. The average Bonchev–Trinajstić information content (AvgIpc) is 2.77. The highest BCUT2D eigenvalue weighted by Crippen LogP contribution is 2.38. The van der Waals surface area contributed by atoms with Crippen LogP contribution in [0.3, 0.4) is 0 Å². The van der Waals surface area contributed by atoms with Crippen molar-refractivity contribution in [3.05, 3.63) is 35.0 Å². The number of nitrogens with one attached hydrogen (secondary N) is 1. The monoisotopic (exact) mass is 461 g/mol. The van der Waals surface area contributed by atoms with E-state index in [2.05, 4.69) is 27.2 Å². The molecule has 2 fully saturated rings. The Bertz CT molecular complexity index is 969. The van der Waals surface area contributed by atoms with E-state index in [-0.39, 0.29) is 12.1 Å². The highest BCUT2D eigenvalue weighted by atomic mass is 35.5. The summed E-state index contributed by atoms with van der Waals surface area (Å²) in [5, 5.41) is 14.2. The first-order valence-corrected chi connectivity index (χ1v) is 12.7. The van der Waals surface area contributed by atoms with Crippen molar-refractivity contribution < 1.29 is 9.32 Å². The molecule has 1 saturated carbocycles. The summed E-state index contributed by atoms with van der Waals surface area (Å²) in [5.41, 5.74) is 1.72. The minimum atomic E-state index is -1.09. The first kappa shape index (κ1) is 21.0. The van der Waals surface area contributed by atoms with Crippen molar-refractivity contribution in [1.82, 2.24) is 9.97 Å². The van der Waals surface area contributed by atoms with Gasteiger partial charge in [-0.15, -0.1) is 0 Å². The minimum absolute atomic E-state index is 0.0630. The van der Waals surface area contributed by atoms with Gasteiger partial charge >= 0.3 is 0 Å². The smallest absolute Gasteiger partial charge is 0.227 e. The molecule has 3 heterocycles. The number of hydrogen-bond donors (Lipinski definition) is 2. The van der Waals surface area contributed by atoms with E-state index in [9.17, 15) is 9.32 Å². The summed E-state index contributed by atoms with van der Waals surface area (Å²) >= 11 is 6.02. The van der Waals surface area contributed by atoms with Gasteiger partial charge in [0.2, 0.25) is 5.95 Å². The lowest BCUT2D eigenvalue weighted by Crippen LogP contribution is -2.49. The molecule has 0 spiro atoms. The minimum Gasteiger partial charge on any atom is -0.394 e. The summed E-state index contributed by atoms with van der Waals surface area (Å²) in [6.45, 7) is 3.44.